The molecule has 0 fully saturated rings. The summed E-state index contributed by atoms with van der Waals surface area (Å²) in [5.74, 6) is -0.965. The van der Waals surface area contributed by atoms with E-state index in [1.54, 1.807) is 11.2 Å². The number of carbonyl (C=O) groups is 1. The maximum absolute atomic E-state index is 14.1. The van der Waals surface area contributed by atoms with Crippen LogP contribution in [-0.2, 0) is 12.1 Å². The summed E-state index contributed by atoms with van der Waals surface area (Å²) in [6.45, 7) is 4.97. The predicted octanol–water partition coefficient (Wildman–Crippen LogP) is 2.74. The molecule has 1 amide bonds. The van der Waals surface area contributed by atoms with Crippen LogP contribution in [-0.4, -0.2) is 47.1 Å². The van der Waals surface area contributed by atoms with Gasteiger partial charge in [-0.2, -0.15) is 5.10 Å². The Morgan fingerprint density at radius 1 is 1.33 bits per heavy atom. The molecule has 5 heterocycles. The number of rotatable bonds is 3. The molecule has 4 aromatic heterocycles. The highest BCUT2D eigenvalue weighted by Gasteiger charge is 2.39. The van der Waals surface area contributed by atoms with E-state index in [1.165, 1.54) is 13.8 Å². The minimum absolute atomic E-state index is 0.233. The lowest BCUT2D eigenvalue weighted by molar-refractivity contribution is 0.0636. The molecule has 1 N–H and O–H groups in total. The van der Waals surface area contributed by atoms with Crippen molar-refractivity contribution < 1.29 is 13.6 Å². The van der Waals surface area contributed by atoms with Crippen molar-refractivity contribution in [2.75, 3.05) is 6.54 Å². The zero-order chi connectivity index (χ0) is 21.0. The average Bonchev–Trinajstić information content (AvgIpc) is 3.44. The standard InChI is InChI=1S/C20H20FN7O2/c1-11-5-4-6-12-9-14(26-28(11)12)16-15-13(22-10-23-15)7-8-27(16)18(29)17-24-25-19(30-17)20(2,3)21/h4-6,9-10,16H,7-8H2,1-3H3,(H,22,23)/t16-/m0/s1. The van der Waals surface area contributed by atoms with Crippen molar-refractivity contribution in [3.8, 4) is 0 Å². The number of H-pyrrole nitrogens is 1. The van der Waals surface area contributed by atoms with Gasteiger partial charge >= 0.3 is 11.8 Å². The second kappa shape index (κ2) is 6.48. The van der Waals surface area contributed by atoms with Crippen molar-refractivity contribution >= 4 is 11.4 Å². The number of hydrogen-bond acceptors (Lipinski definition) is 6. The first-order chi connectivity index (χ1) is 14.3. The minimum atomic E-state index is -1.83. The monoisotopic (exact) mass is 409 g/mol. The third kappa shape index (κ3) is 2.87. The molecule has 10 heteroatoms. The highest BCUT2D eigenvalue weighted by atomic mass is 19.1. The SMILES string of the molecule is Cc1cccc2cc([C@H]3c4nc[nH]c4CCN3C(=O)c3nnc(C(C)(C)F)o3)nn12. The number of carbonyl (C=O) groups excluding carboxylic acids is 1. The van der Waals surface area contributed by atoms with E-state index in [-0.39, 0.29) is 11.8 Å². The van der Waals surface area contributed by atoms with E-state index < -0.39 is 17.6 Å². The molecule has 0 unspecified atom stereocenters. The first-order valence-corrected chi connectivity index (χ1v) is 9.64. The van der Waals surface area contributed by atoms with Gasteiger partial charge in [0, 0.05) is 24.4 Å². The Labute approximate surface area is 170 Å². The lowest BCUT2D eigenvalue weighted by Gasteiger charge is -2.32. The maximum atomic E-state index is 14.1. The molecule has 0 bridgehead atoms. The summed E-state index contributed by atoms with van der Waals surface area (Å²) in [6.07, 6.45) is 2.21. The number of aromatic nitrogens is 6. The van der Waals surface area contributed by atoms with Crippen LogP contribution < -0.4 is 0 Å². The first-order valence-electron chi connectivity index (χ1n) is 9.64. The van der Waals surface area contributed by atoms with Gasteiger partial charge in [-0.05, 0) is 39.0 Å². The molecule has 0 saturated heterocycles. The molecule has 4 aromatic rings. The molecule has 9 nitrogen and oxygen atoms in total. The molecule has 154 valence electrons. The summed E-state index contributed by atoms with van der Waals surface area (Å²) in [5, 5.41) is 12.2. The van der Waals surface area contributed by atoms with Crippen LogP contribution in [0.5, 0.6) is 0 Å². The van der Waals surface area contributed by atoms with Crippen molar-refractivity contribution in [1.82, 2.24) is 34.7 Å². The van der Waals surface area contributed by atoms with E-state index in [9.17, 15) is 9.18 Å². The van der Waals surface area contributed by atoms with Crippen LogP contribution in [0.15, 0.2) is 35.0 Å². The van der Waals surface area contributed by atoms with Crippen LogP contribution in [0.1, 0.15) is 59.2 Å². The number of hydrogen-bond donors (Lipinski definition) is 1. The van der Waals surface area contributed by atoms with E-state index in [0.29, 0.717) is 18.7 Å². The zero-order valence-electron chi connectivity index (χ0n) is 16.8. The second-order valence-corrected chi connectivity index (χ2v) is 7.88. The number of aryl methyl sites for hydroxylation is 1. The highest BCUT2D eigenvalue weighted by Crippen LogP contribution is 2.34. The Bertz CT molecular complexity index is 1250. The van der Waals surface area contributed by atoms with Gasteiger partial charge < -0.3 is 14.3 Å². The van der Waals surface area contributed by atoms with E-state index in [1.807, 2.05) is 35.7 Å². The van der Waals surface area contributed by atoms with Gasteiger partial charge in [0.25, 0.3) is 5.89 Å². The molecule has 1 aliphatic heterocycles. The number of halogens is 1. The largest absolute Gasteiger partial charge is 0.413 e. The van der Waals surface area contributed by atoms with Gasteiger partial charge in [-0.15, -0.1) is 10.2 Å². The van der Waals surface area contributed by atoms with Crippen molar-refractivity contribution in [2.45, 2.75) is 38.9 Å². The second-order valence-electron chi connectivity index (χ2n) is 7.88. The van der Waals surface area contributed by atoms with Crippen LogP contribution in [0.4, 0.5) is 4.39 Å². The van der Waals surface area contributed by atoms with E-state index in [0.717, 1.165) is 22.6 Å². The molecule has 5 rings (SSSR count). The summed E-state index contributed by atoms with van der Waals surface area (Å²) in [6, 6.07) is 7.29. The Hall–Kier alpha value is -3.56. The van der Waals surface area contributed by atoms with E-state index in [4.69, 9.17) is 9.52 Å². The molecule has 1 atom stereocenters. The zero-order valence-corrected chi connectivity index (χ0v) is 16.8. The predicted molar refractivity (Wildman–Crippen MR) is 104 cm³/mol. The van der Waals surface area contributed by atoms with Gasteiger partial charge in [-0.1, -0.05) is 6.07 Å². The summed E-state index contributed by atoms with van der Waals surface area (Å²) >= 11 is 0. The summed E-state index contributed by atoms with van der Waals surface area (Å²) in [7, 11) is 0. The highest BCUT2D eigenvalue weighted by molar-refractivity contribution is 5.90. The van der Waals surface area contributed by atoms with Gasteiger partial charge in [0.05, 0.1) is 23.2 Å². The number of pyridine rings is 1. The minimum Gasteiger partial charge on any atom is -0.413 e. The summed E-state index contributed by atoms with van der Waals surface area (Å²) in [5.41, 5.74) is 2.41. The Balaban J connectivity index is 1.59. The van der Waals surface area contributed by atoms with E-state index >= 15 is 0 Å². The smallest absolute Gasteiger partial charge is 0.312 e. The fourth-order valence-electron chi connectivity index (χ4n) is 3.77. The fourth-order valence-corrected chi connectivity index (χ4v) is 3.77. The molecular weight excluding hydrogens is 389 g/mol. The molecule has 1 aliphatic rings. The van der Waals surface area contributed by atoms with Crippen LogP contribution in [0.3, 0.4) is 0 Å². The fraction of sp³-hybridized carbons (Fsp3) is 0.350. The lowest BCUT2D eigenvalue weighted by Crippen LogP contribution is -2.41. The van der Waals surface area contributed by atoms with Gasteiger partial charge in [0.1, 0.15) is 6.04 Å². The van der Waals surface area contributed by atoms with Crippen molar-refractivity contribution in [3.63, 3.8) is 0 Å². The number of nitrogens with one attached hydrogen (secondary N) is 1. The van der Waals surface area contributed by atoms with Gasteiger partial charge in [-0.3, -0.25) is 4.79 Å². The molecule has 0 radical (unpaired) electrons. The third-order valence-electron chi connectivity index (χ3n) is 5.28. The van der Waals surface area contributed by atoms with Crippen LogP contribution in [0.2, 0.25) is 0 Å². The van der Waals surface area contributed by atoms with Crippen molar-refractivity contribution in [3.05, 3.63) is 65.1 Å². The van der Waals surface area contributed by atoms with Gasteiger partial charge in [0.2, 0.25) is 0 Å². The van der Waals surface area contributed by atoms with Crippen LogP contribution in [0, 0.1) is 6.92 Å². The van der Waals surface area contributed by atoms with Crippen LogP contribution >= 0.6 is 0 Å². The number of alkyl halides is 1. The quantitative estimate of drug-likeness (QED) is 0.558. The molecule has 0 aromatic carbocycles. The number of fused-ring (bicyclic) bond motifs is 2. The Morgan fingerprint density at radius 3 is 2.90 bits per heavy atom. The van der Waals surface area contributed by atoms with E-state index in [2.05, 4.69) is 20.2 Å². The van der Waals surface area contributed by atoms with Crippen molar-refractivity contribution in [1.29, 1.82) is 0 Å². The first kappa shape index (κ1) is 18.5. The summed E-state index contributed by atoms with van der Waals surface area (Å²) in [4.78, 5) is 22.5. The van der Waals surface area contributed by atoms with Gasteiger partial charge in [0.15, 0.2) is 5.67 Å². The molecular formula is C20H20FN7O2. The molecule has 0 saturated carbocycles. The third-order valence-corrected chi connectivity index (χ3v) is 5.28. The maximum Gasteiger partial charge on any atom is 0.312 e. The number of nitrogens with zero attached hydrogens (tertiary/aromatic N) is 6. The molecule has 0 aliphatic carbocycles. The average molecular weight is 409 g/mol. The van der Waals surface area contributed by atoms with Crippen molar-refractivity contribution in [2.24, 2.45) is 0 Å². The number of amides is 1. The van der Waals surface area contributed by atoms with Gasteiger partial charge in [-0.25, -0.2) is 13.9 Å². The topological polar surface area (TPSA) is 105 Å². The Morgan fingerprint density at radius 2 is 2.17 bits per heavy atom. The normalized spacial score (nSPS) is 16.8. The summed E-state index contributed by atoms with van der Waals surface area (Å²) < 4.78 is 21.3. The molecule has 0 spiro atoms. The lowest BCUT2D eigenvalue weighted by atomic mass is 9.99. The number of aromatic amines is 1. The Kier molecular flexibility index (Phi) is 3.99. The number of imidazole rings is 1. The molecule has 30 heavy (non-hydrogen) atoms. The van der Waals surface area contributed by atoms with Crippen LogP contribution in [0.25, 0.3) is 5.52 Å².